The molecule has 0 aromatic heterocycles. The molecule has 0 amide bonds. The van der Waals surface area contributed by atoms with E-state index in [1.165, 1.54) is 25.7 Å². The van der Waals surface area contributed by atoms with Crippen molar-refractivity contribution in [1.29, 1.82) is 0 Å². The van der Waals surface area contributed by atoms with Gasteiger partial charge < -0.3 is 9.47 Å². The van der Waals surface area contributed by atoms with Crippen LogP contribution in [0.4, 0.5) is 0 Å². The van der Waals surface area contributed by atoms with Crippen molar-refractivity contribution in [3.63, 3.8) is 0 Å². The van der Waals surface area contributed by atoms with Crippen molar-refractivity contribution in [3.8, 4) is 11.5 Å². The summed E-state index contributed by atoms with van der Waals surface area (Å²) in [6.45, 7) is 0. The van der Waals surface area contributed by atoms with Crippen molar-refractivity contribution in [3.05, 3.63) is 24.3 Å². The summed E-state index contributed by atoms with van der Waals surface area (Å²) in [6, 6.07) is 7.92. The summed E-state index contributed by atoms with van der Waals surface area (Å²) in [6.07, 6.45) is 5.13. The fourth-order valence-electron chi connectivity index (χ4n) is 2.34. The van der Waals surface area contributed by atoms with E-state index in [-0.39, 0.29) is 6.29 Å². The molecule has 0 saturated heterocycles. The first-order chi connectivity index (χ1) is 6.93. The number of hydrogen-bond acceptors (Lipinski definition) is 2. The van der Waals surface area contributed by atoms with Crippen LogP contribution >= 0.6 is 0 Å². The Morgan fingerprint density at radius 1 is 0.929 bits per heavy atom. The van der Waals surface area contributed by atoms with E-state index in [9.17, 15) is 0 Å². The predicted molar refractivity (Wildman–Crippen MR) is 53.4 cm³/mol. The van der Waals surface area contributed by atoms with E-state index >= 15 is 0 Å². The summed E-state index contributed by atoms with van der Waals surface area (Å²) in [4.78, 5) is 0. The smallest absolute Gasteiger partial charge is 0.244 e. The molecule has 1 aliphatic heterocycles. The molecule has 1 fully saturated rings. The van der Waals surface area contributed by atoms with Crippen molar-refractivity contribution in [1.82, 2.24) is 0 Å². The minimum atomic E-state index is -0.0186. The molecule has 1 saturated carbocycles. The van der Waals surface area contributed by atoms with Crippen LogP contribution in [0.1, 0.15) is 25.7 Å². The van der Waals surface area contributed by atoms with Crippen molar-refractivity contribution < 1.29 is 9.47 Å². The van der Waals surface area contributed by atoms with Gasteiger partial charge in [0.15, 0.2) is 11.5 Å². The lowest BCUT2D eigenvalue weighted by molar-refractivity contribution is -0.00153. The van der Waals surface area contributed by atoms with Gasteiger partial charge in [0.2, 0.25) is 6.29 Å². The van der Waals surface area contributed by atoms with Gasteiger partial charge in [0, 0.05) is 5.92 Å². The molecule has 1 aromatic rings. The summed E-state index contributed by atoms with van der Waals surface area (Å²) >= 11 is 0. The third-order valence-corrected chi connectivity index (χ3v) is 3.12. The monoisotopic (exact) mass is 190 g/mol. The molecule has 1 heterocycles. The summed E-state index contributed by atoms with van der Waals surface area (Å²) in [5.41, 5.74) is 0. The van der Waals surface area contributed by atoms with E-state index in [2.05, 4.69) is 0 Å². The Hall–Kier alpha value is -1.18. The summed E-state index contributed by atoms with van der Waals surface area (Å²) in [5, 5.41) is 0. The van der Waals surface area contributed by atoms with Crippen LogP contribution in [0.15, 0.2) is 24.3 Å². The van der Waals surface area contributed by atoms with Crippen molar-refractivity contribution >= 4 is 0 Å². The number of hydrogen-bond donors (Lipinski definition) is 0. The molecule has 3 rings (SSSR count). The molecule has 0 N–H and O–H groups in total. The average molecular weight is 190 g/mol. The Bertz CT molecular complexity index is 304. The van der Waals surface area contributed by atoms with Crippen LogP contribution < -0.4 is 9.47 Å². The van der Waals surface area contributed by atoms with Gasteiger partial charge in [0.25, 0.3) is 0 Å². The summed E-state index contributed by atoms with van der Waals surface area (Å²) in [5.74, 6) is 2.41. The van der Waals surface area contributed by atoms with E-state index in [1.54, 1.807) is 0 Å². The van der Waals surface area contributed by atoms with E-state index in [0.717, 1.165) is 11.5 Å². The van der Waals surface area contributed by atoms with E-state index < -0.39 is 0 Å². The third kappa shape index (κ3) is 1.26. The van der Waals surface area contributed by atoms with Crippen LogP contribution in [0.5, 0.6) is 11.5 Å². The zero-order chi connectivity index (χ0) is 9.38. The molecule has 0 spiro atoms. The molecule has 14 heavy (non-hydrogen) atoms. The largest absolute Gasteiger partial charge is 0.451 e. The number of rotatable bonds is 1. The Morgan fingerprint density at radius 3 is 2.07 bits per heavy atom. The molecule has 0 atom stereocenters. The number of fused-ring (bicyclic) bond motifs is 1. The fraction of sp³-hybridized carbons (Fsp3) is 0.500. The highest BCUT2D eigenvalue weighted by Gasteiger charge is 2.33. The second kappa shape index (κ2) is 3.19. The topological polar surface area (TPSA) is 18.5 Å². The van der Waals surface area contributed by atoms with Crippen LogP contribution in [0.3, 0.4) is 0 Å². The Kier molecular flexibility index (Phi) is 1.86. The summed E-state index contributed by atoms with van der Waals surface area (Å²) < 4.78 is 11.5. The van der Waals surface area contributed by atoms with Gasteiger partial charge in [-0.15, -0.1) is 0 Å². The number of ether oxygens (including phenoxy) is 2. The maximum Gasteiger partial charge on any atom is 0.244 e. The van der Waals surface area contributed by atoms with Crippen molar-refractivity contribution in [2.45, 2.75) is 32.0 Å². The standard InChI is InChI=1S/C12H14O2/c1-2-6-9(5-1)12-13-10-7-3-4-8-11(10)14-12/h3-4,7-9,12H,1-2,5-6H2. The highest BCUT2D eigenvalue weighted by atomic mass is 16.7. The number of para-hydroxylation sites is 2. The van der Waals surface area contributed by atoms with Gasteiger partial charge in [-0.05, 0) is 25.0 Å². The normalized spacial score (nSPS) is 21.7. The first kappa shape index (κ1) is 8.16. The predicted octanol–water partition coefficient (Wildman–Crippen LogP) is 2.97. The first-order valence-electron chi connectivity index (χ1n) is 5.36. The van der Waals surface area contributed by atoms with Crippen molar-refractivity contribution in [2.24, 2.45) is 5.92 Å². The molecular weight excluding hydrogens is 176 g/mol. The maximum atomic E-state index is 5.77. The lowest BCUT2D eigenvalue weighted by Crippen LogP contribution is -2.26. The van der Waals surface area contributed by atoms with E-state index in [0.29, 0.717) is 5.92 Å². The van der Waals surface area contributed by atoms with Gasteiger partial charge in [0.1, 0.15) is 0 Å². The molecule has 0 unspecified atom stereocenters. The van der Waals surface area contributed by atoms with Crippen LogP contribution in [-0.4, -0.2) is 6.29 Å². The van der Waals surface area contributed by atoms with Gasteiger partial charge in [-0.25, -0.2) is 0 Å². The molecule has 1 aliphatic carbocycles. The van der Waals surface area contributed by atoms with Crippen LogP contribution in [-0.2, 0) is 0 Å². The molecule has 2 aliphatic rings. The van der Waals surface area contributed by atoms with Gasteiger partial charge in [-0.2, -0.15) is 0 Å². The molecule has 2 heteroatoms. The van der Waals surface area contributed by atoms with Crippen LogP contribution in [0.25, 0.3) is 0 Å². The van der Waals surface area contributed by atoms with Crippen LogP contribution in [0.2, 0.25) is 0 Å². The molecule has 0 radical (unpaired) electrons. The van der Waals surface area contributed by atoms with Gasteiger partial charge in [-0.1, -0.05) is 25.0 Å². The van der Waals surface area contributed by atoms with E-state index in [1.807, 2.05) is 24.3 Å². The quantitative estimate of drug-likeness (QED) is 0.677. The second-order valence-corrected chi connectivity index (χ2v) is 4.10. The fourth-order valence-corrected chi connectivity index (χ4v) is 2.34. The minimum Gasteiger partial charge on any atom is -0.451 e. The summed E-state index contributed by atoms with van der Waals surface area (Å²) in [7, 11) is 0. The third-order valence-electron chi connectivity index (χ3n) is 3.12. The SMILES string of the molecule is c1ccc2c(c1)OC(C1CCCC1)O2. The lowest BCUT2D eigenvalue weighted by atomic mass is 10.1. The zero-order valence-electron chi connectivity index (χ0n) is 8.11. The Morgan fingerprint density at radius 2 is 1.50 bits per heavy atom. The van der Waals surface area contributed by atoms with Gasteiger partial charge in [0.05, 0.1) is 0 Å². The van der Waals surface area contributed by atoms with Crippen LogP contribution in [0, 0.1) is 5.92 Å². The molecule has 0 bridgehead atoms. The highest BCUT2D eigenvalue weighted by Crippen LogP contribution is 2.40. The average Bonchev–Trinajstić information content (AvgIpc) is 2.86. The zero-order valence-corrected chi connectivity index (χ0v) is 8.11. The molecule has 74 valence electrons. The van der Waals surface area contributed by atoms with E-state index in [4.69, 9.17) is 9.47 Å². The van der Waals surface area contributed by atoms with Gasteiger partial charge in [-0.3, -0.25) is 0 Å². The Balaban J connectivity index is 1.77. The maximum absolute atomic E-state index is 5.77. The molecule has 1 aromatic carbocycles. The minimum absolute atomic E-state index is 0.0186. The highest BCUT2D eigenvalue weighted by molar-refractivity contribution is 5.41. The number of benzene rings is 1. The second-order valence-electron chi connectivity index (χ2n) is 4.10. The van der Waals surface area contributed by atoms with Crippen molar-refractivity contribution in [2.75, 3.05) is 0 Å². The molecule has 2 nitrogen and oxygen atoms in total. The first-order valence-corrected chi connectivity index (χ1v) is 5.36. The van der Waals surface area contributed by atoms with Gasteiger partial charge >= 0.3 is 0 Å². The molecular formula is C12H14O2. The lowest BCUT2D eigenvalue weighted by Gasteiger charge is -2.16. The Labute approximate surface area is 83.8 Å².